The summed E-state index contributed by atoms with van der Waals surface area (Å²) in [5.41, 5.74) is 0.739. The Bertz CT molecular complexity index is 840. The van der Waals surface area contributed by atoms with Crippen LogP contribution in [0.25, 0.3) is 0 Å². The molecule has 0 spiro atoms. The molecule has 0 unspecified atom stereocenters. The van der Waals surface area contributed by atoms with E-state index in [4.69, 9.17) is 21.1 Å². The molecular formula is C15H15ClF2N2O4S. The molecule has 0 aliphatic heterocycles. The molecule has 136 valence electrons. The van der Waals surface area contributed by atoms with Gasteiger partial charge in [-0.25, -0.2) is 13.4 Å². The number of nitrogens with zero attached hydrogens (tertiary/aromatic N) is 1. The van der Waals surface area contributed by atoms with Gasteiger partial charge in [-0.2, -0.15) is 8.78 Å². The molecule has 2 rings (SSSR count). The molecule has 0 aliphatic rings. The lowest BCUT2D eigenvalue weighted by molar-refractivity contribution is 0.236. The lowest BCUT2D eigenvalue weighted by Crippen LogP contribution is -2.21. The fraction of sp³-hybridized carbons (Fsp3) is 0.267. The van der Waals surface area contributed by atoms with Gasteiger partial charge < -0.3 is 9.47 Å². The van der Waals surface area contributed by atoms with Crippen molar-refractivity contribution in [3.05, 3.63) is 46.6 Å². The van der Waals surface area contributed by atoms with Gasteiger partial charge in [0.05, 0.1) is 30.6 Å². The lowest BCUT2D eigenvalue weighted by Gasteiger charge is -2.14. The van der Waals surface area contributed by atoms with Gasteiger partial charge in [0.1, 0.15) is 5.75 Å². The van der Waals surface area contributed by atoms with Crippen LogP contribution in [0.2, 0.25) is 5.02 Å². The average Bonchev–Trinajstić information content (AvgIpc) is 2.57. The van der Waals surface area contributed by atoms with Crippen LogP contribution in [0.1, 0.15) is 11.3 Å². The summed E-state index contributed by atoms with van der Waals surface area (Å²) in [5, 5.41) is -0.00316. The van der Waals surface area contributed by atoms with E-state index in [0.717, 1.165) is 0 Å². The molecule has 0 saturated heterocycles. The number of methoxy groups -OCH3 is 2. The number of hydrogen-bond acceptors (Lipinski definition) is 5. The van der Waals surface area contributed by atoms with Crippen molar-refractivity contribution < 1.29 is 26.7 Å². The predicted octanol–water partition coefficient (Wildman–Crippen LogP) is 3.31. The van der Waals surface area contributed by atoms with Gasteiger partial charge in [-0.15, -0.1) is 0 Å². The molecule has 0 bridgehead atoms. The van der Waals surface area contributed by atoms with E-state index in [1.807, 2.05) is 4.72 Å². The van der Waals surface area contributed by atoms with Gasteiger partial charge in [-0.3, -0.25) is 4.72 Å². The van der Waals surface area contributed by atoms with Crippen molar-refractivity contribution in [1.82, 2.24) is 4.98 Å². The van der Waals surface area contributed by atoms with Crippen molar-refractivity contribution >= 4 is 27.3 Å². The number of para-hydroxylation sites is 1. The number of ether oxygens (including phenoxy) is 2. The van der Waals surface area contributed by atoms with E-state index in [2.05, 4.69) is 4.98 Å². The van der Waals surface area contributed by atoms with Gasteiger partial charge in [-0.1, -0.05) is 23.7 Å². The fourth-order valence-corrected chi connectivity index (χ4v) is 2.97. The summed E-state index contributed by atoms with van der Waals surface area (Å²) in [4.78, 5) is 4.23. The Morgan fingerprint density at radius 1 is 1.24 bits per heavy atom. The molecule has 1 heterocycles. The van der Waals surface area contributed by atoms with Crippen LogP contribution in [0, 0.1) is 0 Å². The Labute approximate surface area is 148 Å². The molecule has 25 heavy (non-hydrogen) atoms. The Morgan fingerprint density at radius 3 is 2.56 bits per heavy atom. The van der Waals surface area contributed by atoms with E-state index in [9.17, 15) is 17.2 Å². The van der Waals surface area contributed by atoms with Crippen LogP contribution in [0.3, 0.4) is 0 Å². The van der Waals surface area contributed by atoms with Crippen LogP contribution in [0.15, 0.2) is 30.3 Å². The van der Waals surface area contributed by atoms with Crippen molar-refractivity contribution in [1.29, 1.82) is 0 Å². The second-order valence-corrected chi connectivity index (χ2v) is 6.96. The second-order valence-electron chi connectivity index (χ2n) is 4.90. The highest BCUT2D eigenvalue weighted by molar-refractivity contribution is 7.93. The summed E-state index contributed by atoms with van der Waals surface area (Å²) in [5.74, 6) is -2.80. The normalized spacial score (nSPS) is 11.4. The summed E-state index contributed by atoms with van der Waals surface area (Å²) in [6.07, 6.45) is 0.120. The topological polar surface area (TPSA) is 77.5 Å². The van der Waals surface area contributed by atoms with Gasteiger partial charge >= 0.3 is 5.76 Å². The Kier molecular flexibility index (Phi) is 6.02. The third-order valence-electron chi connectivity index (χ3n) is 3.22. The summed E-state index contributed by atoms with van der Waals surface area (Å²) in [6.45, 7) is 0. The molecule has 0 fully saturated rings. The van der Waals surface area contributed by atoms with Gasteiger partial charge in [0.2, 0.25) is 5.88 Å². The number of pyridine rings is 1. The highest BCUT2D eigenvalue weighted by Gasteiger charge is 2.26. The molecule has 0 amide bonds. The van der Waals surface area contributed by atoms with Crippen LogP contribution in [0.4, 0.5) is 14.5 Å². The van der Waals surface area contributed by atoms with Crippen LogP contribution >= 0.6 is 11.6 Å². The van der Waals surface area contributed by atoms with Crippen molar-refractivity contribution in [2.24, 2.45) is 0 Å². The Morgan fingerprint density at radius 2 is 1.96 bits per heavy atom. The van der Waals surface area contributed by atoms with E-state index >= 15 is 0 Å². The average molecular weight is 393 g/mol. The van der Waals surface area contributed by atoms with Crippen molar-refractivity contribution in [3.63, 3.8) is 0 Å². The molecule has 10 heteroatoms. The monoisotopic (exact) mass is 392 g/mol. The highest BCUT2D eigenvalue weighted by Crippen LogP contribution is 2.30. The molecule has 1 N–H and O–H groups in total. The minimum Gasteiger partial charge on any atom is -0.496 e. The van der Waals surface area contributed by atoms with Gasteiger partial charge in [-0.05, 0) is 11.6 Å². The summed E-state index contributed by atoms with van der Waals surface area (Å²) >= 11 is 5.98. The van der Waals surface area contributed by atoms with E-state index in [1.165, 1.54) is 20.3 Å². The zero-order valence-electron chi connectivity index (χ0n) is 13.3. The highest BCUT2D eigenvalue weighted by atomic mass is 35.5. The number of sulfonamides is 1. The summed E-state index contributed by atoms with van der Waals surface area (Å²) in [7, 11) is -1.94. The third-order valence-corrected chi connectivity index (χ3v) is 4.50. The molecule has 0 atom stereocenters. The number of alkyl halides is 2. The maximum atomic E-state index is 12.6. The minimum atomic E-state index is -4.85. The SMILES string of the molecule is COc1cc(Cc2cccc(Cl)c2NS(=O)(=O)C(F)F)nc(OC)c1. The lowest BCUT2D eigenvalue weighted by atomic mass is 10.1. The second kappa shape index (κ2) is 7.83. The number of aromatic nitrogens is 1. The Hall–Kier alpha value is -2.13. The first-order valence-corrected chi connectivity index (χ1v) is 8.85. The number of benzene rings is 1. The third kappa shape index (κ3) is 4.70. The van der Waals surface area contributed by atoms with E-state index in [1.54, 1.807) is 24.3 Å². The largest absolute Gasteiger partial charge is 0.496 e. The molecule has 0 saturated carbocycles. The number of anilines is 1. The number of halogens is 3. The summed E-state index contributed by atoms with van der Waals surface area (Å²) < 4.78 is 60.3. The van der Waals surface area contributed by atoms with Crippen LogP contribution in [0.5, 0.6) is 11.6 Å². The van der Waals surface area contributed by atoms with Crippen LogP contribution in [-0.2, 0) is 16.4 Å². The Balaban J connectivity index is 2.43. The van der Waals surface area contributed by atoms with Gasteiger partial charge in [0.25, 0.3) is 10.0 Å². The zero-order valence-corrected chi connectivity index (χ0v) is 14.9. The number of hydrogen-bond donors (Lipinski definition) is 1. The van der Waals surface area contributed by atoms with E-state index in [0.29, 0.717) is 22.9 Å². The van der Waals surface area contributed by atoms with Gasteiger partial charge in [0.15, 0.2) is 0 Å². The standard InChI is InChI=1S/C15H15ClF2N2O4S/c1-23-11-7-10(19-13(8-11)24-2)6-9-4-3-5-12(16)14(9)20-25(21,22)15(17)18/h3-5,7-8,15,20H,6H2,1-2H3. The van der Waals surface area contributed by atoms with Crippen molar-refractivity contribution in [2.75, 3.05) is 18.9 Å². The molecule has 2 aromatic rings. The maximum Gasteiger partial charge on any atom is 0.355 e. The van der Waals surface area contributed by atoms with Crippen LogP contribution < -0.4 is 14.2 Å². The van der Waals surface area contributed by atoms with E-state index in [-0.39, 0.29) is 17.1 Å². The molecule has 0 aliphatic carbocycles. The number of nitrogens with one attached hydrogen (secondary N) is 1. The fourth-order valence-electron chi connectivity index (χ4n) is 2.06. The first kappa shape index (κ1) is 19.2. The van der Waals surface area contributed by atoms with E-state index < -0.39 is 15.8 Å². The van der Waals surface area contributed by atoms with Gasteiger partial charge in [0, 0.05) is 18.6 Å². The first-order valence-electron chi connectivity index (χ1n) is 6.93. The summed E-state index contributed by atoms with van der Waals surface area (Å²) in [6, 6.07) is 7.72. The van der Waals surface area contributed by atoms with Crippen molar-refractivity contribution in [3.8, 4) is 11.6 Å². The zero-order chi connectivity index (χ0) is 18.6. The molecule has 0 radical (unpaired) electrons. The maximum absolute atomic E-state index is 12.6. The first-order chi connectivity index (χ1) is 11.8. The molecule has 1 aromatic heterocycles. The smallest absolute Gasteiger partial charge is 0.355 e. The molecule has 6 nitrogen and oxygen atoms in total. The quantitative estimate of drug-likeness (QED) is 0.782. The predicted molar refractivity (Wildman–Crippen MR) is 90.1 cm³/mol. The molecule has 1 aromatic carbocycles. The van der Waals surface area contributed by atoms with Crippen molar-refractivity contribution in [2.45, 2.75) is 12.2 Å². The van der Waals surface area contributed by atoms with Crippen LogP contribution in [-0.4, -0.2) is 33.4 Å². The molecular weight excluding hydrogens is 378 g/mol. The number of rotatable bonds is 7. The minimum absolute atomic E-state index is 0.00316.